The fourth-order valence-electron chi connectivity index (χ4n) is 8.01. The number of carbonyl (C=O) groups is 3. The Morgan fingerprint density at radius 3 is 1.79 bits per heavy atom. The van der Waals surface area contributed by atoms with Crippen LogP contribution in [0.2, 0.25) is 18.1 Å². The summed E-state index contributed by atoms with van der Waals surface area (Å²) in [6, 6.07) is 28.3. The first-order valence-electron chi connectivity index (χ1n) is 26.1. The lowest BCUT2D eigenvalue weighted by atomic mass is 9.80. The van der Waals surface area contributed by atoms with Crippen molar-refractivity contribution in [2.45, 2.75) is 115 Å². The van der Waals surface area contributed by atoms with Crippen LogP contribution >= 0.6 is 51.7 Å². The highest BCUT2D eigenvalue weighted by Crippen LogP contribution is 2.47. The largest absolute Gasteiger partial charge is 0.508 e. The van der Waals surface area contributed by atoms with Gasteiger partial charge >= 0.3 is 12.3 Å². The SMILES string of the molecule is COc1ccc(C(OCCSSCCOC(=O)OC[C@H]2O[C@@H](n3cnc(C(N)=O)n3)[C@@H](O[Si](C)(C)C(C)(C)C)C2OC(=O)OCCSSCCOP(OCCC#N)N(C(C)C)C(C)C)(c2ccccc2)c2ccc(OC)cc2)cc1. The fraction of sp³-hybridized carbons (Fsp3) is 0.556. The third-order valence-corrected chi connectivity index (χ3v) is 24.0. The molecule has 2 N–H and O–H groups in total. The van der Waals surface area contributed by atoms with Gasteiger partial charge in [0, 0.05) is 35.1 Å². The highest BCUT2D eigenvalue weighted by atomic mass is 33.1. The zero-order valence-electron chi connectivity index (χ0n) is 47.4. The van der Waals surface area contributed by atoms with Crippen molar-refractivity contribution >= 4 is 78.2 Å². The highest BCUT2D eigenvalue weighted by Gasteiger charge is 2.54. The molecule has 1 saturated heterocycles. The van der Waals surface area contributed by atoms with E-state index in [0.29, 0.717) is 36.2 Å². The minimum atomic E-state index is -2.66. The maximum absolute atomic E-state index is 13.5. The van der Waals surface area contributed by atoms with Crippen LogP contribution < -0.4 is 15.2 Å². The second kappa shape index (κ2) is 33.1. The first-order valence-corrected chi connectivity index (χ1v) is 35.1. The highest BCUT2D eigenvalue weighted by molar-refractivity contribution is 8.77. The molecule has 440 valence electrons. The molecule has 1 aliphatic rings. The number of nitriles is 1. The zero-order valence-corrected chi connectivity index (χ0v) is 52.6. The summed E-state index contributed by atoms with van der Waals surface area (Å²) in [5.41, 5.74) is 7.36. The van der Waals surface area contributed by atoms with Gasteiger partial charge < -0.3 is 57.1 Å². The number of carbonyl (C=O) groups excluding carboxylic acids is 3. The molecule has 3 aromatic carbocycles. The number of nitrogens with two attached hydrogens (primary N) is 1. The standard InChI is InChI=1S/C54H77N6O14PS4Si/c1-38(2)60(39(3)4)75(70-27-15-26-55)71-31-35-79-77-33-29-67-52(63)73-46-45(72-50(59-37-57-49(58-59)48(56)61)47(46)74-80(10,11)53(5,6)7)36-68-51(62)66-28-32-76-78-34-30-69-54(40-16-13-12-14-17-40,41-18-22-43(64-8)23-19-41)42-20-24-44(65-9)25-21-42/h12-14,16-25,37-39,45-47,50H,15,27-36H2,1-11H3,(H2,56,61)/t45-,46?,47+,50-,75?/m1/s1. The molecule has 26 heteroatoms. The third kappa shape index (κ3) is 19.4. The van der Waals surface area contributed by atoms with Gasteiger partial charge in [-0.1, -0.05) is 119 Å². The summed E-state index contributed by atoms with van der Waals surface area (Å²) in [6.45, 7) is 19.3. The van der Waals surface area contributed by atoms with Gasteiger partial charge in [0.15, 0.2) is 20.6 Å². The second-order valence-corrected chi connectivity index (χ2v) is 31.5. The van der Waals surface area contributed by atoms with Crippen LogP contribution in [0.1, 0.15) is 88.4 Å². The van der Waals surface area contributed by atoms with Gasteiger partial charge in [-0.2, -0.15) is 5.26 Å². The van der Waals surface area contributed by atoms with Crippen molar-refractivity contribution in [1.82, 2.24) is 19.4 Å². The Balaban J connectivity index is 1.17. The molecule has 0 spiro atoms. The molecule has 1 amide bonds. The molecular formula is C54H77N6O14PS4Si. The number of hydrogen-bond donors (Lipinski definition) is 1. The molecule has 5 atom stereocenters. The molecule has 5 rings (SSSR count). The normalized spacial score (nSPS) is 17.1. The van der Waals surface area contributed by atoms with Crippen molar-refractivity contribution in [2.75, 3.05) is 76.9 Å². The molecule has 0 saturated carbocycles. The Hall–Kier alpha value is -4.29. The van der Waals surface area contributed by atoms with Crippen LogP contribution in [0.15, 0.2) is 85.2 Å². The molecule has 20 nitrogen and oxygen atoms in total. The molecular weight excluding hydrogens is 1140 g/mol. The predicted octanol–water partition coefficient (Wildman–Crippen LogP) is 11.4. The van der Waals surface area contributed by atoms with Crippen LogP contribution in [0, 0.1) is 11.3 Å². The number of rotatable bonds is 34. The molecule has 2 unspecified atom stereocenters. The Morgan fingerprint density at radius 1 is 0.750 bits per heavy atom. The molecule has 1 aromatic heterocycles. The lowest BCUT2D eigenvalue weighted by molar-refractivity contribution is -0.0696. The predicted molar refractivity (Wildman–Crippen MR) is 317 cm³/mol. The third-order valence-electron chi connectivity index (χ3n) is 12.7. The number of methoxy groups -OCH3 is 2. The van der Waals surface area contributed by atoms with Crippen LogP contribution in [0.25, 0.3) is 0 Å². The van der Waals surface area contributed by atoms with Crippen molar-refractivity contribution in [3.63, 3.8) is 0 Å². The average molecular weight is 1220 g/mol. The van der Waals surface area contributed by atoms with Gasteiger partial charge in [0.1, 0.15) is 55.5 Å². The van der Waals surface area contributed by atoms with Crippen LogP contribution in [0.5, 0.6) is 11.5 Å². The van der Waals surface area contributed by atoms with Crippen LogP contribution in [-0.2, 0) is 47.5 Å². The van der Waals surface area contributed by atoms with Gasteiger partial charge in [0.2, 0.25) is 5.82 Å². The van der Waals surface area contributed by atoms with Gasteiger partial charge in [-0.3, -0.25) is 4.79 Å². The smallest absolute Gasteiger partial charge is 0.497 e. The number of ether oxygens (including phenoxy) is 8. The van der Waals surface area contributed by atoms with E-state index in [4.69, 9.17) is 62.4 Å². The van der Waals surface area contributed by atoms with E-state index in [1.54, 1.807) is 35.8 Å². The minimum Gasteiger partial charge on any atom is -0.497 e. The Labute approximate surface area is 489 Å². The number of amides is 1. The van der Waals surface area contributed by atoms with E-state index in [2.05, 4.69) is 81.4 Å². The molecule has 1 aliphatic heterocycles. The number of primary amides is 1. The van der Waals surface area contributed by atoms with Crippen molar-refractivity contribution in [3.05, 3.63) is 108 Å². The Kier molecular flexibility index (Phi) is 27.5. The number of nitrogens with zero attached hydrogens (tertiary/aromatic N) is 5. The van der Waals surface area contributed by atoms with Crippen molar-refractivity contribution in [3.8, 4) is 17.6 Å². The zero-order chi connectivity index (χ0) is 58.3. The van der Waals surface area contributed by atoms with E-state index in [1.165, 1.54) is 32.6 Å². The van der Waals surface area contributed by atoms with Gasteiger partial charge in [-0.25, -0.2) is 23.9 Å². The van der Waals surface area contributed by atoms with E-state index >= 15 is 0 Å². The number of hydrogen-bond acceptors (Lipinski definition) is 22. The Morgan fingerprint density at radius 2 is 1.27 bits per heavy atom. The summed E-state index contributed by atoms with van der Waals surface area (Å²) >= 11 is 0. The van der Waals surface area contributed by atoms with Crippen LogP contribution in [-0.4, -0.2) is 153 Å². The lowest BCUT2D eigenvalue weighted by Gasteiger charge is -2.40. The van der Waals surface area contributed by atoms with Crippen LogP contribution in [0.3, 0.4) is 0 Å². The van der Waals surface area contributed by atoms with E-state index in [1.807, 2.05) is 79.8 Å². The summed E-state index contributed by atoms with van der Waals surface area (Å²) in [7, 11) is 5.39. The molecule has 80 heavy (non-hydrogen) atoms. The maximum atomic E-state index is 13.5. The maximum Gasteiger partial charge on any atom is 0.508 e. The summed E-state index contributed by atoms with van der Waals surface area (Å²) in [6.07, 6.45) is -4.78. The second-order valence-electron chi connectivity index (χ2n) is 19.9. The fourth-order valence-corrected chi connectivity index (χ4v) is 14.3. The molecule has 0 bridgehead atoms. The number of aromatic nitrogens is 3. The summed E-state index contributed by atoms with van der Waals surface area (Å²) in [5.74, 6) is 2.47. The Bertz CT molecular complexity index is 2490. The summed E-state index contributed by atoms with van der Waals surface area (Å²) in [5, 5.41) is 13.0. The monoisotopic (exact) mass is 1220 g/mol. The molecule has 0 radical (unpaired) electrons. The van der Waals surface area contributed by atoms with Gasteiger partial charge in [0.05, 0.1) is 46.5 Å². The van der Waals surface area contributed by atoms with Gasteiger partial charge in [-0.05, 0) is 86.8 Å². The van der Waals surface area contributed by atoms with Gasteiger partial charge in [0.25, 0.3) is 14.4 Å². The van der Waals surface area contributed by atoms with E-state index in [0.717, 1.165) is 28.2 Å². The first-order chi connectivity index (χ1) is 38.3. The summed E-state index contributed by atoms with van der Waals surface area (Å²) < 4.78 is 69.4. The van der Waals surface area contributed by atoms with Gasteiger partial charge in [-0.15, -0.1) is 5.10 Å². The minimum absolute atomic E-state index is 0.0182. The molecule has 1 fully saturated rings. The summed E-state index contributed by atoms with van der Waals surface area (Å²) in [4.78, 5) is 42.8. The number of benzene rings is 3. The van der Waals surface area contributed by atoms with Crippen molar-refractivity contribution in [2.24, 2.45) is 5.73 Å². The molecule has 0 aliphatic carbocycles. The first kappa shape index (κ1) is 66.5. The van der Waals surface area contributed by atoms with Crippen molar-refractivity contribution < 1.29 is 65.8 Å². The molecule has 2 heterocycles. The lowest BCUT2D eigenvalue weighted by Crippen LogP contribution is -2.50. The van der Waals surface area contributed by atoms with E-state index in [-0.39, 0.29) is 49.2 Å². The van der Waals surface area contributed by atoms with Crippen molar-refractivity contribution in [1.29, 1.82) is 5.26 Å². The average Bonchev–Trinajstić information content (AvgIpc) is 4.20. The van der Waals surface area contributed by atoms with E-state index in [9.17, 15) is 14.4 Å². The topological polar surface area (TPSA) is 236 Å². The van der Waals surface area contributed by atoms with Crippen LogP contribution in [0.4, 0.5) is 9.59 Å². The molecule has 4 aromatic rings. The quantitative estimate of drug-likeness (QED) is 0.0114. The van der Waals surface area contributed by atoms with E-state index < -0.39 is 71.8 Å².